The highest BCUT2D eigenvalue weighted by Crippen LogP contribution is 2.25. The lowest BCUT2D eigenvalue weighted by atomic mass is 10.1. The van der Waals surface area contributed by atoms with Crippen LogP contribution in [0.5, 0.6) is 5.75 Å². The number of amides is 3. The molecule has 0 bridgehead atoms. The number of ether oxygens (including phenoxy) is 3. The van der Waals surface area contributed by atoms with Crippen LogP contribution >= 0.6 is 0 Å². The minimum atomic E-state index is -0.535. The van der Waals surface area contributed by atoms with E-state index in [0.717, 1.165) is 24.5 Å². The number of piperidine rings is 1. The second-order valence-electron chi connectivity index (χ2n) is 12.3. The molecule has 2 fully saturated rings. The summed E-state index contributed by atoms with van der Waals surface area (Å²) in [6, 6.07) is 15.9. The molecular weight excluding hydrogens is 574 g/mol. The summed E-state index contributed by atoms with van der Waals surface area (Å²) in [4.78, 5) is 46.9. The maximum absolute atomic E-state index is 13.3. The number of hydrogen-bond donors (Lipinski definition) is 2. The SMILES string of the molecule is Cc1ccc(NC(=O)c2ccnc(N3CCOCC3)c2)cc1NC(=O)c1cccc(OC2CCN(C(=O)OC(C)(C)C)CC2)c1. The average Bonchev–Trinajstić information content (AvgIpc) is 3.03. The van der Waals surface area contributed by atoms with Gasteiger partial charge in [-0.15, -0.1) is 0 Å². The summed E-state index contributed by atoms with van der Waals surface area (Å²) in [5, 5.41) is 5.90. The third-order valence-electron chi connectivity index (χ3n) is 7.58. The van der Waals surface area contributed by atoms with Gasteiger partial charge in [0, 0.05) is 67.7 Å². The molecule has 3 heterocycles. The van der Waals surface area contributed by atoms with Gasteiger partial charge in [0.05, 0.1) is 13.2 Å². The van der Waals surface area contributed by atoms with E-state index in [1.54, 1.807) is 53.6 Å². The molecule has 2 aromatic carbocycles. The summed E-state index contributed by atoms with van der Waals surface area (Å²) in [7, 11) is 0. The molecule has 1 aromatic heterocycles. The van der Waals surface area contributed by atoms with Gasteiger partial charge in [0.1, 0.15) is 23.3 Å². The van der Waals surface area contributed by atoms with Crippen LogP contribution in [-0.2, 0) is 9.47 Å². The Hall–Kier alpha value is -4.64. The van der Waals surface area contributed by atoms with Crippen molar-refractivity contribution >= 4 is 35.1 Å². The first-order valence-electron chi connectivity index (χ1n) is 15.3. The molecule has 5 rings (SSSR count). The lowest BCUT2D eigenvalue weighted by Gasteiger charge is -2.33. The Kier molecular flexibility index (Phi) is 9.87. The van der Waals surface area contributed by atoms with E-state index in [4.69, 9.17) is 14.2 Å². The number of rotatable bonds is 7. The van der Waals surface area contributed by atoms with Crippen molar-refractivity contribution in [3.8, 4) is 5.75 Å². The number of carbonyl (C=O) groups excluding carboxylic acids is 3. The third-order valence-corrected chi connectivity index (χ3v) is 7.58. The maximum Gasteiger partial charge on any atom is 0.410 e. The third kappa shape index (κ3) is 8.72. The molecule has 0 aliphatic carbocycles. The van der Waals surface area contributed by atoms with E-state index in [-0.39, 0.29) is 24.0 Å². The molecule has 11 heteroatoms. The van der Waals surface area contributed by atoms with Crippen molar-refractivity contribution in [2.24, 2.45) is 0 Å². The number of nitrogens with one attached hydrogen (secondary N) is 2. The van der Waals surface area contributed by atoms with Crippen molar-refractivity contribution in [3.05, 3.63) is 77.5 Å². The minimum absolute atomic E-state index is 0.0742. The molecule has 2 aliphatic rings. The first kappa shape index (κ1) is 31.8. The molecule has 3 amide bonds. The van der Waals surface area contributed by atoms with Crippen LogP contribution in [0.2, 0.25) is 0 Å². The van der Waals surface area contributed by atoms with Crippen LogP contribution in [0.1, 0.15) is 59.9 Å². The normalized spacial score (nSPS) is 15.7. The number of hydrogen-bond acceptors (Lipinski definition) is 8. The fourth-order valence-corrected chi connectivity index (χ4v) is 5.14. The van der Waals surface area contributed by atoms with E-state index in [1.165, 1.54) is 0 Å². The standard InChI is InChI=1S/C34H41N5O6/c1-23-8-9-26(36-31(40)25-10-13-35-30(21-25)38-16-18-43-19-17-38)22-29(23)37-32(41)24-6-5-7-28(20-24)44-27-11-14-39(15-12-27)33(42)45-34(2,3)4/h5-10,13,20-22,27H,11-12,14-19H2,1-4H3,(H,36,40)(H,37,41). The van der Waals surface area contributed by atoms with Crippen LogP contribution < -0.4 is 20.3 Å². The largest absolute Gasteiger partial charge is 0.490 e. The van der Waals surface area contributed by atoms with Crippen molar-refractivity contribution < 1.29 is 28.6 Å². The predicted molar refractivity (Wildman–Crippen MR) is 172 cm³/mol. The molecule has 0 saturated carbocycles. The van der Waals surface area contributed by atoms with Crippen LogP contribution in [0.3, 0.4) is 0 Å². The molecule has 0 unspecified atom stereocenters. The fraction of sp³-hybridized carbons (Fsp3) is 0.412. The molecule has 11 nitrogen and oxygen atoms in total. The number of pyridine rings is 1. The summed E-state index contributed by atoms with van der Waals surface area (Å²) in [6.45, 7) is 11.2. The number of benzene rings is 2. The van der Waals surface area contributed by atoms with Crippen molar-refractivity contribution in [3.63, 3.8) is 0 Å². The fourth-order valence-electron chi connectivity index (χ4n) is 5.14. The van der Waals surface area contributed by atoms with E-state index in [9.17, 15) is 14.4 Å². The average molecular weight is 616 g/mol. The van der Waals surface area contributed by atoms with Gasteiger partial charge in [0.2, 0.25) is 0 Å². The number of nitrogens with zero attached hydrogens (tertiary/aromatic N) is 3. The molecule has 0 spiro atoms. The van der Waals surface area contributed by atoms with Crippen LogP contribution in [0.15, 0.2) is 60.8 Å². The van der Waals surface area contributed by atoms with Crippen molar-refractivity contribution in [1.29, 1.82) is 0 Å². The summed E-state index contributed by atoms with van der Waals surface area (Å²) < 4.78 is 17.1. The van der Waals surface area contributed by atoms with E-state index < -0.39 is 5.60 Å². The first-order chi connectivity index (χ1) is 21.5. The lowest BCUT2D eigenvalue weighted by molar-refractivity contribution is 0.0126. The Bertz CT molecular complexity index is 1520. The first-order valence-corrected chi connectivity index (χ1v) is 15.3. The highest BCUT2D eigenvalue weighted by molar-refractivity contribution is 6.07. The van der Waals surface area contributed by atoms with Crippen molar-refractivity contribution in [2.45, 2.75) is 52.2 Å². The van der Waals surface area contributed by atoms with Gasteiger partial charge >= 0.3 is 6.09 Å². The maximum atomic E-state index is 13.3. The monoisotopic (exact) mass is 615 g/mol. The Morgan fingerprint density at radius 3 is 2.33 bits per heavy atom. The molecular formula is C34H41N5O6. The smallest absolute Gasteiger partial charge is 0.410 e. The number of anilines is 3. The zero-order chi connectivity index (χ0) is 32.0. The molecule has 2 saturated heterocycles. The lowest BCUT2D eigenvalue weighted by Crippen LogP contribution is -2.44. The Morgan fingerprint density at radius 1 is 0.889 bits per heavy atom. The van der Waals surface area contributed by atoms with Crippen LogP contribution in [0, 0.1) is 6.92 Å². The minimum Gasteiger partial charge on any atom is -0.490 e. The number of aryl methyl sites for hydroxylation is 1. The molecule has 2 aliphatic heterocycles. The van der Waals surface area contributed by atoms with Gasteiger partial charge in [-0.05, 0) is 75.7 Å². The van der Waals surface area contributed by atoms with E-state index >= 15 is 0 Å². The van der Waals surface area contributed by atoms with Crippen molar-refractivity contribution in [2.75, 3.05) is 54.9 Å². The molecule has 3 aromatic rings. The zero-order valence-electron chi connectivity index (χ0n) is 26.3. The van der Waals surface area contributed by atoms with E-state index in [1.807, 2.05) is 39.8 Å². The highest BCUT2D eigenvalue weighted by atomic mass is 16.6. The van der Waals surface area contributed by atoms with Gasteiger partial charge in [-0.3, -0.25) is 9.59 Å². The summed E-state index contributed by atoms with van der Waals surface area (Å²) in [6.07, 6.45) is 2.58. The molecule has 0 atom stereocenters. The Balaban J connectivity index is 1.18. The summed E-state index contributed by atoms with van der Waals surface area (Å²) in [5.74, 6) is 0.760. The topological polar surface area (TPSA) is 122 Å². The molecule has 0 radical (unpaired) electrons. The van der Waals surface area contributed by atoms with Crippen LogP contribution in [-0.4, -0.2) is 78.9 Å². The number of morpholine rings is 1. The molecule has 238 valence electrons. The second kappa shape index (κ2) is 14.0. The predicted octanol–water partition coefficient (Wildman–Crippen LogP) is 5.51. The van der Waals surface area contributed by atoms with E-state index in [0.29, 0.717) is 67.4 Å². The van der Waals surface area contributed by atoms with Gasteiger partial charge in [-0.1, -0.05) is 12.1 Å². The number of likely N-dealkylation sites (tertiary alicyclic amines) is 1. The quantitative estimate of drug-likeness (QED) is 0.357. The highest BCUT2D eigenvalue weighted by Gasteiger charge is 2.28. The molecule has 45 heavy (non-hydrogen) atoms. The number of aromatic nitrogens is 1. The Labute approximate surface area is 263 Å². The summed E-state index contributed by atoms with van der Waals surface area (Å²) >= 11 is 0. The summed E-state index contributed by atoms with van der Waals surface area (Å²) in [5.41, 5.74) is 2.39. The van der Waals surface area contributed by atoms with Gasteiger partial charge in [-0.2, -0.15) is 0 Å². The zero-order valence-corrected chi connectivity index (χ0v) is 26.3. The van der Waals surface area contributed by atoms with E-state index in [2.05, 4.69) is 20.5 Å². The van der Waals surface area contributed by atoms with Gasteiger partial charge in [0.25, 0.3) is 11.8 Å². The molecule has 2 N–H and O–H groups in total. The van der Waals surface area contributed by atoms with Gasteiger partial charge in [0.15, 0.2) is 0 Å². The Morgan fingerprint density at radius 2 is 1.60 bits per heavy atom. The van der Waals surface area contributed by atoms with Gasteiger partial charge < -0.3 is 34.6 Å². The van der Waals surface area contributed by atoms with Crippen molar-refractivity contribution in [1.82, 2.24) is 9.88 Å². The van der Waals surface area contributed by atoms with Crippen LogP contribution in [0.4, 0.5) is 22.0 Å². The van der Waals surface area contributed by atoms with Gasteiger partial charge in [-0.25, -0.2) is 9.78 Å². The second-order valence-corrected chi connectivity index (χ2v) is 12.3. The van der Waals surface area contributed by atoms with Crippen LogP contribution in [0.25, 0.3) is 0 Å². The number of carbonyl (C=O) groups is 3.